The van der Waals surface area contributed by atoms with Gasteiger partial charge in [0.15, 0.2) is 0 Å². The zero-order valence-corrected chi connectivity index (χ0v) is 19.0. The summed E-state index contributed by atoms with van der Waals surface area (Å²) in [4.78, 5) is 41.3. The molecule has 2 unspecified atom stereocenters. The minimum Gasteiger partial charge on any atom is -0.349 e. The topological polar surface area (TPSA) is 69.7 Å². The lowest BCUT2D eigenvalue weighted by Gasteiger charge is -2.28. The number of rotatable bonds is 7. The Morgan fingerprint density at radius 2 is 1.70 bits per heavy atom. The number of aryl methyl sites for hydroxylation is 1. The molecule has 3 aliphatic rings. The molecular formula is C27H31N3O3. The van der Waals surface area contributed by atoms with Gasteiger partial charge in [-0.2, -0.15) is 0 Å². The molecule has 0 spiro atoms. The average Bonchev–Trinajstić information content (AvgIpc) is 3.07. The second kappa shape index (κ2) is 9.38. The summed E-state index contributed by atoms with van der Waals surface area (Å²) >= 11 is 0. The van der Waals surface area contributed by atoms with E-state index in [2.05, 4.69) is 23.5 Å². The van der Waals surface area contributed by atoms with Gasteiger partial charge in [-0.25, -0.2) is 4.79 Å². The summed E-state index contributed by atoms with van der Waals surface area (Å²) in [6.07, 6.45) is 6.55. The molecule has 6 nitrogen and oxygen atoms in total. The first-order valence-electron chi connectivity index (χ1n) is 12.2. The fraction of sp³-hybridized carbons (Fsp3) is 0.444. The number of imide groups is 1. The number of hydrogen-bond acceptors (Lipinski definition) is 3. The maximum Gasteiger partial charge on any atom is 0.327 e. The molecule has 2 aromatic rings. The van der Waals surface area contributed by atoms with Crippen LogP contribution in [0.5, 0.6) is 0 Å². The van der Waals surface area contributed by atoms with E-state index in [1.807, 2.05) is 30.3 Å². The number of fused-ring (bicyclic) bond motifs is 3. The number of amides is 4. The van der Waals surface area contributed by atoms with Crippen LogP contribution in [0.4, 0.5) is 4.79 Å². The molecule has 2 aromatic carbocycles. The van der Waals surface area contributed by atoms with Crippen LogP contribution in [0.1, 0.15) is 66.8 Å². The van der Waals surface area contributed by atoms with Crippen LogP contribution in [0, 0.1) is 0 Å². The normalized spacial score (nSPS) is 21.5. The highest BCUT2D eigenvalue weighted by molar-refractivity contribution is 6.04. The smallest absolute Gasteiger partial charge is 0.327 e. The Morgan fingerprint density at radius 1 is 0.939 bits per heavy atom. The van der Waals surface area contributed by atoms with Crippen LogP contribution in [-0.4, -0.2) is 40.2 Å². The van der Waals surface area contributed by atoms with Crippen molar-refractivity contribution in [3.63, 3.8) is 0 Å². The standard InChI is InChI=1S/C27H31N3O3/c31-25(28-23-14-8-12-19-9-5-6-13-22(19)23)15-2-1-7-16-29-26(32)24-17-20-10-3-4-11-21(20)18-30(24)27(29)33/h3-6,9-11,13,23-24H,1-2,7-8,12,14-18H2,(H,28,31). The molecule has 5 rings (SSSR count). The summed E-state index contributed by atoms with van der Waals surface area (Å²) < 4.78 is 0. The minimum atomic E-state index is -0.364. The maximum absolute atomic E-state index is 12.9. The fourth-order valence-corrected chi connectivity index (χ4v) is 5.48. The van der Waals surface area contributed by atoms with Crippen molar-refractivity contribution in [2.24, 2.45) is 0 Å². The van der Waals surface area contributed by atoms with Crippen LogP contribution < -0.4 is 5.32 Å². The van der Waals surface area contributed by atoms with Gasteiger partial charge in [-0.15, -0.1) is 0 Å². The van der Waals surface area contributed by atoms with Gasteiger partial charge in [-0.05, 0) is 54.4 Å². The van der Waals surface area contributed by atoms with Gasteiger partial charge in [-0.1, -0.05) is 55.0 Å². The SMILES string of the molecule is O=C(CCCCCN1C(=O)C2Cc3ccccc3CN2C1=O)NC1CCCc2ccccc21. The molecule has 1 aliphatic carbocycles. The first-order chi connectivity index (χ1) is 16.1. The van der Waals surface area contributed by atoms with Gasteiger partial charge < -0.3 is 10.2 Å². The summed E-state index contributed by atoms with van der Waals surface area (Å²) in [5.74, 6) is 0.00290. The van der Waals surface area contributed by atoms with E-state index < -0.39 is 0 Å². The predicted molar refractivity (Wildman–Crippen MR) is 125 cm³/mol. The number of urea groups is 1. The van der Waals surface area contributed by atoms with E-state index in [0.29, 0.717) is 25.9 Å². The van der Waals surface area contributed by atoms with Crippen molar-refractivity contribution in [2.45, 2.75) is 70.0 Å². The Bertz CT molecular complexity index is 1020. The summed E-state index contributed by atoms with van der Waals surface area (Å²) in [6.45, 7) is 0.936. The highest BCUT2D eigenvalue weighted by Gasteiger charge is 2.46. The lowest BCUT2D eigenvalue weighted by atomic mass is 9.87. The highest BCUT2D eigenvalue weighted by Crippen LogP contribution is 2.31. The Hall–Kier alpha value is -3.15. The Kier molecular flexibility index (Phi) is 6.16. The van der Waals surface area contributed by atoms with Crippen molar-refractivity contribution in [3.8, 4) is 0 Å². The number of unbranched alkanes of at least 4 members (excludes halogenated alkanes) is 2. The third kappa shape index (κ3) is 4.39. The van der Waals surface area contributed by atoms with Crippen LogP contribution in [0.15, 0.2) is 48.5 Å². The van der Waals surface area contributed by atoms with Gasteiger partial charge in [0.2, 0.25) is 5.91 Å². The van der Waals surface area contributed by atoms with Gasteiger partial charge >= 0.3 is 6.03 Å². The molecule has 1 saturated heterocycles. The molecule has 33 heavy (non-hydrogen) atoms. The van der Waals surface area contributed by atoms with Crippen LogP contribution in [-0.2, 0) is 29.0 Å². The largest absolute Gasteiger partial charge is 0.349 e. The van der Waals surface area contributed by atoms with Gasteiger partial charge in [0.05, 0.1) is 6.04 Å². The first-order valence-corrected chi connectivity index (χ1v) is 12.2. The van der Waals surface area contributed by atoms with Crippen LogP contribution >= 0.6 is 0 Å². The summed E-state index contributed by atoms with van der Waals surface area (Å²) in [6, 6.07) is 16.0. The molecule has 0 radical (unpaired) electrons. The average molecular weight is 446 g/mol. The molecule has 172 valence electrons. The van der Waals surface area contributed by atoms with Gasteiger partial charge in [0, 0.05) is 25.9 Å². The molecule has 1 N–H and O–H groups in total. The molecule has 2 heterocycles. The number of nitrogens with zero attached hydrogens (tertiary/aromatic N) is 2. The first kappa shape index (κ1) is 21.7. The van der Waals surface area contributed by atoms with Crippen molar-refractivity contribution in [2.75, 3.05) is 6.54 Å². The fourth-order valence-electron chi connectivity index (χ4n) is 5.48. The Balaban J connectivity index is 1.06. The van der Waals surface area contributed by atoms with Crippen molar-refractivity contribution in [1.29, 1.82) is 0 Å². The van der Waals surface area contributed by atoms with Crippen LogP contribution in [0.25, 0.3) is 0 Å². The summed E-state index contributed by atoms with van der Waals surface area (Å²) in [5, 5.41) is 3.20. The Morgan fingerprint density at radius 3 is 2.55 bits per heavy atom. The molecule has 1 fully saturated rings. The van der Waals surface area contributed by atoms with E-state index in [-0.39, 0.29) is 29.9 Å². The molecule has 0 aromatic heterocycles. The van der Waals surface area contributed by atoms with Crippen molar-refractivity contribution in [1.82, 2.24) is 15.1 Å². The van der Waals surface area contributed by atoms with Crippen molar-refractivity contribution >= 4 is 17.8 Å². The lowest BCUT2D eigenvalue weighted by molar-refractivity contribution is -0.128. The van der Waals surface area contributed by atoms with E-state index in [1.165, 1.54) is 16.0 Å². The molecular weight excluding hydrogens is 414 g/mol. The van der Waals surface area contributed by atoms with Crippen LogP contribution in [0.3, 0.4) is 0 Å². The number of nitrogens with one attached hydrogen (secondary N) is 1. The second-order valence-corrected chi connectivity index (χ2v) is 9.41. The predicted octanol–water partition coefficient (Wildman–Crippen LogP) is 4.13. The van der Waals surface area contributed by atoms with Gasteiger partial charge in [0.25, 0.3) is 5.91 Å². The van der Waals surface area contributed by atoms with Gasteiger partial charge in [-0.3, -0.25) is 14.5 Å². The molecule has 0 saturated carbocycles. The molecule has 4 amide bonds. The molecule has 6 heteroatoms. The van der Waals surface area contributed by atoms with E-state index >= 15 is 0 Å². The highest BCUT2D eigenvalue weighted by atomic mass is 16.2. The molecule has 2 aliphatic heterocycles. The summed E-state index contributed by atoms with van der Waals surface area (Å²) in [7, 11) is 0. The van der Waals surface area contributed by atoms with Crippen molar-refractivity contribution in [3.05, 3.63) is 70.8 Å². The number of hydrogen-bond donors (Lipinski definition) is 1. The molecule has 2 atom stereocenters. The van der Waals surface area contributed by atoms with Gasteiger partial charge in [0.1, 0.15) is 6.04 Å². The Labute approximate surface area is 194 Å². The minimum absolute atomic E-state index is 0.0804. The van der Waals surface area contributed by atoms with Crippen LogP contribution in [0.2, 0.25) is 0 Å². The zero-order chi connectivity index (χ0) is 22.8. The van der Waals surface area contributed by atoms with E-state index in [9.17, 15) is 14.4 Å². The van der Waals surface area contributed by atoms with Crippen molar-refractivity contribution < 1.29 is 14.4 Å². The lowest BCUT2D eigenvalue weighted by Crippen LogP contribution is -2.39. The number of carbonyl (C=O) groups excluding carboxylic acids is 3. The van der Waals surface area contributed by atoms with E-state index in [1.54, 1.807) is 4.90 Å². The second-order valence-electron chi connectivity index (χ2n) is 9.41. The monoisotopic (exact) mass is 445 g/mol. The number of carbonyl (C=O) groups is 3. The zero-order valence-electron chi connectivity index (χ0n) is 19.0. The molecule has 0 bridgehead atoms. The number of benzene rings is 2. The van der Waals surface area contributed by atoms with E-state index in [4.69, 9.17) is 0 Å². The third-order valence-corrected chi connectivity index (χ3v) is 7.27. The summed E-state index contributed by atoms with van der Waals surface area (Å²) in [5.41, 5.74) is 4.88. The maximum atomic E-state index is 12.9. The van der Waals surface area contributed by atoms with E-state index in [0.717, 1.165) is 49.7 Å². The quantitative estimate of drug-likeness (QED) is 0.515. The third-order valence-electron chi connectivity index (χ3n) is 7.27.